The molecular weight excluding hydrogens is 244 g/mol. The molecule has 102 valence electrons. The largest absolute Gasteiger partial charge is 0.449 e. The molecule has 1 atom stereocenters. The number of nitrogen functional groups attached to an aromatic ring is 1. The zero-order valence-corrected chi connectivity index (χ0v) is 10.9. The highest BCUT2D eigenvalue weighted by molar-refractivity contribution is 5.94. The van der Waals surface area contributed by atoms with Crippen molar-refractivity contribution in [1.82, 2.24) is 5.32 Å². The van der Waals surface area contributed by atoms with E-state index in [-0.39, 0.29) is 5.91 Å². The molecule has 1 heterocycles. The van der Waals surface area contributed by atoms with E-state index < -0.39 is 12.1 Å². The van der Waals surface area contributed by atoms with Gasteiger partial charge >= 0.3 is 5.97 Å². The molecule has 0 spiro atoms. The van der Waals surface area contributed by atoms with E-state index in [2.05, 4.69) is 5.32 Å². The lowest BCUT2D eigenvalue weighted by Crippen LogP contribution is -2.36. The van der Waals surface area contributed by atoms with Gasteiger partial charge in [0.15, 0.2) is 6.10 Å². The summed E-state index contributed by atoms with van der Waals surface area (Å²) in [5, 5.41) is 2.74. The lowest BCUT2D eigenvalue weighted by atomic mass is 10.1. The second-order valence-electron chi connectivity index (χ2n) is 4.76. The van der Waals surface area contributed by atoms with Crippen molar-refractivity contribution in [2.75, 3.05) is 12.3 Å². The quantitative estimate of drug-likeness (QED) is 0.623. The SMILES string of the molecule is Cc1ccc(N)cc1C(=O)OC1CCCCNC1=O. The smallest absolute Gasteiger partial charge is 0.339 e. The van der Waals surface area contributed by atoms with Crippen LogP contribution in [0.1, 0.15) is 35.2 Å². The summed E-state index contributed by atoms with van der Waals surface area (Å²) in [6.07, 6.45) is 1.65. The molecule has 0 aromatic heterocycles. The molecule has 2 rings (SSSR count). The van der Waals surface area contributed by atoms with E-state index in [0.29, 0.717) is 24.2 Å². The van der Waals surface area contributed by atoms with Crippen molar-refractivity contribution in [3.63, 3.8) is 0 Å². The Hall–Kier alpha value is -2.04. The third kappa shape index (κ3) is 3.24. The van der Waals surface area contributed by atoms with Gasteiger partial charge in [-0.05, 0) is 43.9 Å². The molecule has 1 aromatic carbocycles. The van der Waals surface area contributed by atoms with E-state index in [4.69, 9.17) is 10.5 Å². The molecule has 1 aliphatic heterocycles. The van der Waals surface area contributed by atoms with E-state index in [9.17, 15) is 9.59 Å². The Kier molecular flexibility index (Phi) is 4.04. The molecule has 19 heavy (non-hydrogen) atoms. The van der Waals surface area contributed by atoms with Gasteiger partial charge in [-0.3, -0.25) is 4.79 Å². The van der Waals surface area contributed by atoms with Crippen molar-refractivity contribution in [2.24, 2.45) is 0 Å². The van der Waals surface area contributed by atoms with Crippen LogP contribution < -0.4 is 11.1 Å². The minimum atomic E-state index is -0.698. The highest BCUT2D eigenvalue weighted by Crippen LogP contribution is 2.17. The number of amides is 1. The van der Waals surface area contributed by atoms with Crippen molar-refractivity contribution < 1.29 is 14.3 Å². The summed E-state index contributed by atoms with van der Waals surface area (Å²) in [5.41, 5.74) is 7.37. The number of carbonyl (C=O) groups excluding carboxylic acids is 2. The van der Waals surface area contributed by atoms with Gasteiger partial charge in [0.05, 0.1) is 5.56 Å². The van der Waals surface area contributed by atoms with Gasteiger partial charge in [0.1, 0.15) is 0 Å². The highest BCUT2D eigenvalue weighted by atomic mass is 16.5. The van der Waals surface area contributed by atoms with Gasteiger partial charge < -0.3 is 15.8 Å². The van der Waals surface area contributed by atoms with Crippen LogP contribution in [0.3, 0.4) is 0 Å². The molecule has 0 radical (unpaired) electrons. The van der Waals surface area contributed by atoms with Crippen LogP contribution in [0.4, 0.5) is 5.69 Å². The molecule has 1 fully saturated rings. The molecule has 1 aromatic rings. The molecular formula is C14H18N2O3. The first-order valence-electron chi connectivity index (χ1n) is 6.43. The van der Waals surface area contributed by atoms with Crippen molar-refractivity contribution in [3.8, 4) is 0 Å². The predicted molar refractivity (Wildman–Crippen MR) is 71.7 cm³/mol. The first-order chi connectivity index (χ1) is 9.08. The molecule has 1 aliphatic rings. The Balaban J connectivity index is 2.11. The maximum Gasteiger partial charge on any atom is 0.339 e. The van der Waals surface area contributed by atoms with Gasteiger partial charge in [0.25, 0.3) is 5.91 Å². The van der Waals surface area contributed by atoms with E-state index in [1.54, 1.807) is 18.2 Å². The molecule has 0 saturated carbocycles. The second kappa shape index (κ2) is 5.73. The third-order valence-corrected chi connectivity index (χ3v) is 3.22. The number of hydrogen-bond acceptors (Lipinski definition) is 4. The maximum absolute atomic E-state index is 12.1. The number of rotatable bonds is 2. The molecule has 5 nitrogen and oxygen atoms in total. The summed E-state index contributed by atoms with van der Waals surface area (Å²) < 4.78 is 5.30. The van der Waals surface area contributed by atoms with Gasteiger partial charge in [0, 0.05) is 12.2 Å². The summed E-state index contributed by atoms with van der Waals surface area (Å²) in [7, 11) is 0. The molecule has 1 unspecified atom stereocenters. The van der Waals surface area contributed by atoms with Crippen LogP contribution in [0.5, 0.6) is 0 Å². The molecule has 1 saturated heterocycles. The van der Waals surface area contributed by atoms with Gasteiger partial charge in [-0.1, -0.05) is 6.07 Å². The van der Waals surface area contributed by atoms with Crippen molar-refractivity contribution >= 4 is 17.6 Å². The molecule has 0 aliphatic carbocycles. The summed E-state index contributed by atoms with van der Waals surface area (Å²) in [6.45, 7) is 2.45. The molecule has 1 amide bonds. The first-order valence-corrected chi connectivity index (χ1v) is 6.43. The lowest BCUT2D eigenvalue weighted by molar-refractivity contribution is -0.129. The minimum Gasteiger partial charge on any atom is -0.449 e. The first kappa shape index (κ1) is 13.4. The number of anilines is 1. The molecule has 0 bridgehead atoms. The van der Waals surface area contributed by atoms with Gasteiger partial charge in [-0.2, -0.15) is 0 Å². The number of nitrogens with one attached hydrogen (secondary N) is 1. The van der Waals surface area contributed by atoms with Crippen LogP contribution >= 0.6 is 0 Å². The fraction of sp³-hybridized carbons (Fsp3) is 0.429. The predicted octanol–water partition coefficient (Wildman–Crippen LogP) is 1.40. The number of esters is 1. The van der Waals surface area contributed by atoms with Crippen molar-refractivity contribution in [3.05, 3.63) is 29.3 Å². The number of ether oxygens (including phenoxy) is 1. The summed E-state index contributed by atoms with van der Waals surface area (Å²) in [5.74, 6) is -0.709. The Morgan fingerprint density at radius 1 is 1.42 bits per heavy atom. The maximum atomic E-state index is 12.1. The topological polar surface area (TPSA) is 81.4 Å². The Labute approximate surface area is 112 Å². The Bertz CT molecular complexity index is 499. The average molecular weight is 262 g/mol. The average Bonchev–Trinajstić information content (AvgIpc) is 2.58. The zero-order chi connectivity index (χ0) is 13.8. The number of nitrogens with two attached hydrogens (primary N) is 1. The summed E-state index contributed by atoms with van der Waals surface area (Å²) in [6, 6.07) is 5.07. The van der Waals surface area contributed by atoms with Gasteiger partial charge in [0.2, 0.25) is 0 Å². The van der Waals surface area contributed by atoms with E-state index in [1.165, 1.54) is 0 Å². The molecule has 5 heteroatoms. The minimum absolute atomic E-state index is 0.215. The van der Waals surface area contributed by atoms with Gasteiger partial charge in [-0.25, -0.2) is 4.79 Å². The van der Waals surface area contributed by atoms with Crippen molar-refractivity contribution in [2.45, 2.75) is 32.3 Å². The van der Waals surface area contributed by atoms with Crippen LogP contribution in [0.2, 0.25) is 0 Å². The Morgan fingerprint density at radius 2 is 2.21 bits per heavy atom. The summed E-state index contributed by atoms with van der Waals surface area (Å²) in [4.78, 5) is 23.8. The van der Waals surface area contributed by atoms with Crippen LogP contribution in [0, 0.1) is 6.92 Å². The molecule has 3 N–H and O–H groups in total. The Morgan fingerprint density at radius 3 is 3.00 bits per heavy atom. The number of aryl methyl sites for hydroxylation is 1. The third-order valence-electron chi connectivity index (χ3n) is 3.22. The number of benzene rings is 1. The van der Waals surface area contributed by atoms with Crippen LogP contribution in [0.15, 0.2) is 18.2 Å². The normalized spacial score (nSPS) is 19.4. The standard InChI is InChI=1S/C14H18N2O3/c1-9-5-6-10(15)8-11(9)14(18)19-12-4-2-3-7-16-13(12)17/h5-6,8,12H,2-4,7,15H2,1H3,(H,16,17). The number of carbonyl (C=O) groups is 2. The van der Waals surface area contributed by atoms with Crippen LogP contribution in [0.25, 0.3) is 0 Å². The van der Waals surface area contributed by atoms with Crippen LogP contribution in [-0.4, -0.2) is 24.5 Å². The van der Waals surface area contributed by atoms with Gasteiger partial charge in [-0.15, -0.1) is 0 Å². The van der Waals surface area contributed by atoms with E-state index >= 15 is 0 Å². The zero-order valence-electron chi connectivity index (χ0n) is 10.9. The van der Waals surface area contributed by atoms with Crippen molar-refractivity contribution in [1.29, 1.82) is 0 Å². The fourth-order valence-electron chi connectivity index (χ4n) is 2.08. The number of hydrogen-bond donors (Lipinski definition) is 2. The fourth-order valence-corrected chi connectivity index (χ4v) is 2.08. The second-order valence-corrected chi connectivity index (χ2v) is 4.76. The van der Waals surface area contributed by atoms with E-state index in [0.717, 1.165) is 18.4 Å². The monoisotopic (exact) mass is 262 g/mol. The lowest BCUT2D eigenvalue weighted by Gasteiger charge is -2.15. The highest BCUT2D eigenvalue weighted by Gasteiger charge is 2.25. The van der Waals surface area contributed by atoms with E-state index in [1.807, 2.05) is 6.92 Å². The van der Waals surface area contributed by atoms with Crippen LogP contribution in [-0.2, 0) is 9.53 Å². The summed E-state index contributed by atoms with van der Waals surface area (Å²) >= 11 is 0.